The van der Waals surface area contributed by atoms with E-state index in [1.54, 1.807) is 18.3 Å². The van der Waals surface area contributed by atoms with Crippen LogP contribution in [0.4, 0.5) is 0 Å². The molecule has 0 saturated carbocycles. The fraction of sp³-hybridized carbons (Fsp3) is 0.350. The van der Waals surface area contributed by atoms with E-state index in [1.165, 1.54) is 0 Å². The molecule has 0 fully saturated rings. The van der Waals surface area contributed by atoms with Crippen LogP contribution in [0.3, 0.4) is 0 Å². The Bertz CT molecular complexity index is 904. The summed E-state index contributed by atoms with van der Waals surface area (Å²) in [6, 6.07) is 7.25. The number of benzene rings is 1. The largest absolute Gasteiger partial charge is 0.355 e. The molecular weight excluding hydrogens is 399 g/mol. The molecule has 2 amide bonds. The molecule has 2 aromatic rings. The van der Waals surface area contributed by atoms with Gasteiger partial charge in [0.2, 0.25) is 11.8 Å². The molecule has 8 heteroatoms. The molecule has 0 atom stereocenters. The molecule has 2 N–H and O–H groups in total. The maximum Gasteiger partial charge on any atom is 0.249 e. The minimum absolute atomic E-state index is 0.260. The van der Waals surface area contributed by atoms with Crippen molar-refractivity contribution < 1.29 is 9.59 Å². The second-order valence-electron chi connectivity index (χ2n) is 6.93. The number of carbonyl (C=O) groups excluding carboxylic acids is 2. The summed E-state index contributed by atoms with van der Waals surface area (Å²) in [5.41, 5.74) is 5.89. The highest BCUT2D eigenvalue weighted by molar-refractivity contribution is 6.35. The number of amides is 2. The number of hydrogen-bond donors (Lipinski definition) is 2. The zero-order valence-electron chi connectivity index (χ0n) is 16.3. The summed E-state index contributed by atoms with van der Waals surface area (Å²) in [5.74, 6) is -0.460. The molecule has 0 bridgehead atoms. The van der Waals surface area contributed by atoms with Crippen LogP contribution in [0.5, 0.6) is 0 Å². The van der Waals surface area contributed by atoms with Crippen molar-refractivity contribution in [1.29, 1.82) is 0 Å². The summed E-state index contributed by atoms with van der Waals surface area (Å²) >= 11 is 12.3. The number of hydrogen-bond acceptors (Lipinski definition) is 3. The number of aryl methyl sites for hydroxylation is 1. The smallest absolute Gasteiger partial charge is 0.249 e. The molecule has 0 aliphatic heterocycles. The van der Waals surface area contributed by atoms with Gasteiger partial charge >= 0.3 is 0 Å². The topological polar surface area (TPSA) is 75.5 Å². The predicted molar refractivity (Wildman–Crippen MR) is 113 cm³/mol. The highest BCUT2D eigenvalue weighted by atomic mass is 35.5. The maximum atomic E-state index is 11.8. The second kappa shape index (κ2) is 9.75. The van der Waals surface area contributed by atoms with Crippen LogP contribution in [0.1, 0.15) is 37.2 Å². The fourth-order valence-corrected chi connectivity index (χ4v) is 3.18. The predicted octanol–water partition coefficient (Wildman–Crippen LogP) is 4.01. The van der Waals surface area contributed by atoms with E-state index < -0.39 is 5.91 Å². The summed E-state index contributed by atoms with van der Waals surface area (Å²) in [6.07, 6.45) is 1.29. The Labute approximate surface area is 174 Å². The Morgan fingerprint density at radius 1 is 1.18 bits per heavy atom. The maximum absolute atomic E-state index is 11.8. The summed E-state index contributed by atoms with van der Waals surface area (Å²) in [4.78, 5) is 23.5. The first-order valence-corrected chi connectivity index (χ1v) is 9.67. The quantitative estimate of drug-likeness (QED) is 0.401. The monoisotopic (exact) mass is 422 g/mol. The number of nitrogens with zero attached hydrogens (tertiary/aromatic N) is 2. The minimum Gasteiger partial charge on any atom is -0.355 e. The van der Waals surface area contributed by atoms with Crippen molar-refractivity contribution in [2.24, 2.45) is 11.0 Å². The molecular formula is C20H24Cl2N4O2. The first kappa shape index (κ1) is 22.0. The van der Waals surface area contributed by atoms with Crippen molar-refractivity contribution in [1.82, 2.24) is 15.3 Å². The van der Waals surface area contributed by atoms with Crippen LogP contribution in [0, 0.1) is 19.8 Å². The lowest BCUT2D eigenvalue weighted by molar-refractivity contribution is -0.129. The van der Waals surface area contributed by atoms with Crippen molar-refractivity contribution in [2.45, 2.75) is 34.1 Å². The Kier molecular flexibility index (Phi) is 7.66. The molecule has 6 nitrogen and oxygen atoms in total. The average Bonchev–Trinajstić information content (AvgIpc) is 2.87. The van der Waals surface area contributed by atoms with Gasteiger partial charge in [-0.15, -0.1) is 0 Å². The van der Waals surface area contributed by atoms with Gasteiger partial charge in [-0.05, 0) is 44.0 Å². The second-order valence-corrected chi connectivity index (χ2v) is 7.77. The lowest BCUT2D eigenvalue weighted by Gasteiger charge is -2.11. The van der Waals surface area contributed by atoms with Crippen LogP contribution in [-0.4, -0.2) is 29.1 Å². The van der Waals surface area contributed by atoms with Gasteiger partial charge < -0.3 is 9.88 Å². The van der Waals surface area contributed by atoms with Crippen molar-refractivity contribution in [3.63, 3.8) is 0 Å². The third-order valence-electron chi connectivity index (χ3n) is 4.04. The first-order valence-electron chi connectivity index (χ1n) is 8.92. The van der Waals surface area contributed by atoms with Gasteiger partial charge in [-0.25, -0.2) is 5.43 Å². The highest BCUT2D eigenvalue weighted by Crippen LogP contribution is 2.28. The van der Waals surface area contributed by atoms with E-state index in [2.05, 4.69) is 15.8 Å². The first-order chi connectivity index (χ1) is 13.2. The van der Waals surface area contributed by atoms with Gasteiger partial charge in [0.25, 0.3) is 0 Å². The van der Waals surface area contributed by atoms with Crippen LogP contribution in [0.15, 0.2) is 29.4 Å². The third-order valence-corrected chi connectivity index (χ3v) is 4.58. The van der Waals surface area contributed by atoms with Crippen LogP contribution >= 0.6 is 23.2 Å². The summed E-state index contributed by atoms with van der Waals surface area (Å²) in [7, 11) is 0. The molecule has 1 aromatic carbocycles. The number of nitrogens with one attached hydrogen (secondary N) is 2. The van der Waals surface area contributed by atoms with E-state index in [9.17, 15) is 9.59 Å². The van der Waals surface area contributed by atoms with Gasteiger partial charge in [-0.1, -0.05) is 37.0 Å². The number of hydrazone groups is 1. The SMILES string of the molecule is Cc1cc(/C=N/NC(=O)CC(=O)NCC(C)C)c(C)n1-c1ccc(Cl)cc1Cl. The van der Waals surface area contributed by atoms with E-state index >= 15 is 0 Å². The number of rotatable bonds is 7. The van der Waals surface area contributed by atoms with E-state index in [1.807, 2.05) is 44.4 Å². The molecule has 1 heterocycles. The van der Waals surface area contributed by atoms with E-state index in [0.717, 1.165) is 22.6 Å². The van der Waals surface area contributed by atoms with E-state index in [4.69, 9.17) is 23.2 Å². The van der Waals surface area contributed by atoms with Gasteiger partial charge in [0.15, 0.2) is 0 Å². The molecule has 0 aliphatic rings. The molecule has 28 heavy (non-hydrogen) atoms. The van der Waals surface area contributed by atoms with Crippen LogP contribution in [0.2, 0.25) is 10.0 Å². The molecule has 0 spiro atoms. The van der Waals surface area contributed by atoms with Gasteiger partial charge in [0, 0.05) is 28.5 Å². The van der Waals surface area contributed by atoms with Gasteiger partial charge in [-0.2, -0.15) is 5.10 Å². The van der Waals surface area contributed by atoms with Gasteiger partial charge in [0.1, 0.15) is 6.42 Å². The van der Waals surface area contributed by atoms with Crippen molar-refractivity contribution in [2.75, 3.05) is 6.54 Å². The normalized spacial score (nSPS) is 11.2. The van der Waals surface area contributed by atoms with Crippen molar-refractivity contribution in [3.8, 4) is 5.69 Å². The zero-order chi connectivity index (χ0) is 20.8. The van der Waals surface area contributed by atoms with Crippen LogP contribution in [-0.2, 0) is 9.59 Å². The highest BCUT2D eigenvalue weighted by Gasteiger charge is 2.13. The molecule has 1 aromatic heterocycles. The fourth-order valence-electron chi connectivity index (χ4n) is 2.69. The lowest BCUT2D eigenvalue weighted by atomic mass is 10.2. The molecule has 0 aliphatic carbocycles. The minimum atomic E-state index is -0.466. The summed E-state index contributed by atoms with van der Waals surface area (Å²) in [6.45, 7) is 8.39. The number of aromatic nitrogens is 1. The summed E-state index contributed by atoms with van der Waals surface area (Å²) < 4.78 is 1.99. The molecule has 0 saturated heterocycles. The van der Waals surface area contributed by atoms with Crippen LogP contribution < -0.4 is 10.7 Å². The molecule has 150 valence electrons. The van der Waals surface area contributed by atoms with Gasteiger partial charge in [-0.3, -0.25) is 9.59 Å². The number of halogens is 2. The lowest BCUT2D eigenvalue weighted by Crippen LogP contribution is -2.32. The molecule has 0 radical (unpaired) electrons. The Hall–Kier alpha value is -2.31. The standard InChI is InChI=1S/C20H24Cl2N4O2/c1-12(2)10-23-19(27)9-20(28)25-24-11-15-7-13(3)26(14(15)4)18-6-5-16(21)8-17(18)22/h5-8,11-12H,9-10H2,1-4H3,(H,23,27)(H,25,28)/b24-11+. The Morgan fingerprint density at radius 2 is 1.89 bits per heavy atom. The number of carbonyl (C=O) groups is 2. The molecule has 2 rings (SSSR count). The molecule has 0 unspecified atom stereocenters. The average molecular weight is 423 g/mol. The van der Waals surface area contributed by atoms with Gasteiger partial charge in [0.05, 0.1) is 16.9 Å². The van der Waals surface area contributed by atoms with E-state index in [0.29, 0.717) is 22.5 Å². The third kappa shape index (κ3) is 5.84. The Balaban J connectivity index is 2.05. The zero-order valence-corrected chi connectivity index (χ0v) is 17.9. The van der Waals surface area contributed by atoms with Crippen molar-refractivity contribution in [3.05, 3.63) is 51.3 Å². The van der Waals surface area contributed by atoms with Crippen molar-refractivity contribution >= 4 is 41.2 Å². The van der Waals surface area contributed by atoms with E-state index in [-0.39, 0.29) is 12.3 Å². The Morgan fingerprint density at radius 3 is 2.54 bits per heavy atom. The summed E-state index contributed by atoms with van der Waals surface area (Å²) in [5, 5.41) is 7.76. The van der Waals surface area contributed by atoms with Crippen LogP contribution in [0.25, 0.3) is 5.69 Å².